The first kappa shape index (κ1) is 17.2. The lowest BCUT2D eigenvalue weighted by molar-refractivity contribution is 0.175. The van der Waals surface area contributed by atoms with Crippen LogP contribution in [-0.4, -0.2) is 44.5 Å². The second-order valence-corrected chi connectivity index (χ2v) is 7.11. The molecule has 0 aromatic carbocycles. The van der Waals surface area contributed by atoms with Crippen molar-refractivity contribution in [2.45, 2.75) is 18.7 Å². The van der Waals surface area contributed by atoms with E-state index >= 15 is 0 Å². The normalized spacial score (nSPS) is 12.3. The zero-order valence-corrected chi connectivity index (χ0v) is 13.3. The topological polar surface area (TPSA) is 79.5 Å². The molecule has 0 saturated carbocycles. The smallest absolute Gasteiger partial charge is 0.266 e. The highest BCUT2D eigenvalue weighted by Gasteiger charge is 2.25. The molecule has 0 radical (unpaired) electrons. The van der Waals surface area contributed by atoms with Gasteiger partial charge in [-0.2, -0.15) is 4.31 Å². The van der Waals surface area contributed by atoms with Crippen LogP contribution >= 0.6 is 11.6 Å². The number of aromatic amines is 1. The Morgan fingerprint density at radius 2 is 2.10 bits per heavy atom. The highest BCUT2D eigenvalue weighted by Crippen LogP contribution is 2.17. The molecule has 0 spiro atoms. The molecule has 0 aliphatic rings. The van der Waals surface area contributed by atoms with Gasteiger partial charge in [-0.15, -0.1) is 0 Å². The molecule has 0 aliphatic heterocycles. The van der Waals surface area contributed by atoms with Crippen LogP contribution in [0.2, 0.25) is 5.02 Å². The molecule has 8 heteroatoms. The lowest BCUT2D eigenvalue weighted by Gasteiger charge is -2.23. The fraction of sp³-hybridized carbons (Fsp3) is 0.583. The molecular weight excluding hydrogens is 304 g/mol. The highest BCUT2D eigenvalue weighted by atomic mass is 35.5. The van der Waals surface area contributed by atoms with Crippen molar-refractivity contribution >= 4 is 21.6 Å². The number of nitrogens with zero attached hydrogens (tertiary/aromatic N) is 1. The summed E-state index contributed by atoms with van der Waals surface area (Å²) in [5, 5.41) is -0.151. The van der Waals surface area contributed by atoms with Crippen molar-refractivity contribution in [2.75, 3.05) is 26.8 Å². The van der Waals surface area contributed by atoms with Crippen LogP contribution in [0.15, 0.2) is 22.0 Å². The van der Waals surface area contributed by atoms with Crippen molar-refractivity contribution < 1.29 is 13.2 Å². The predicted molar refractivity (Wildman–Crippen MR) is 77.5 cm³/mol. The van der Waals surface area contributed by atoms with E-state index in [4.69, 9.17) is 16.3 Å². The van der Waals surface area contributed by atoms with Gasteiger partial charge in [-0.3, -0.25) is 4.79 Å². The van der Waals surface area contributed by atoms with E-state index in [1.165, 1.54) is 11.4 Å². The summed E-state index contributed by atoms with van der Waals surface area (Å²) in [6.07, 6.45) is 1.16. The molecule has 0 amide bonds. The van der Waals surface area contributed by atoms with Gasteiger partial charge in [-0.05, 0) is 12.0 Å². The summed E-state index contributed by atoms with van der Waals surface area (Å²) in [7, 11) is -2.20. The standard InChI is InChI=1S/C12H19ClN2O4S/c1-9(2)8-15(4-5-19-3)20(17,18)10-6-11(13)12(16)14-7-10/h6-7,9H,4-5,8H2,1-3H3,(H,14,16). The number of rotatable bonds is 7. The lowest BCUT2D eigenvalue weighted by Crippen LogP contribution is -2.37. The Hall–Kier alpha value is -0.890. The number of sulfonamides is 1. The van der Waals surface area contributed by atoms with Crippen molar-refractivity contribution in [3.63, 3.8) is 0 Å². The minimum absolute atomic E-state index is 0.0288. The molecule has 0 saturated heterocycles. The van der Waals surface area contributed by atoms with E-state index < -0.39 is 15.6 Å². The zero-order valence-electron chi connectivity index (χ0n) is 11.7. The van der Waals surface area contributed by atoms with E-state index in [0.717, 1.165) is 12.3 Å². The number of hydrogen-bond donors (Lipinski definition) is 1. The highest BCUT2D eigenvalue weighted by molar-refractivity contribution is 7.89. The Kier molecular flexibility index (Phi) is 6.19. The summed E-state index contributed by atoms with van der Waals surface area (Å²) in [6.45, 7) is 4.75. The van der Waals surface area contributed by atoms with Gasteiger partial charge < -0.3 is 9.72 Å². The maximum atomic E-state index is 12.5. The van der Waals surface area contributed by atoms with Gasteiger partial charge in [-0.1, -0.05) is 25.4 Å². The summed E-state index contributed by atoms with van der Waals surface area (Å²) >= 11 is 5.68. The molecule has 0 bridgehead atoms. The summed E-state index contributed by atoms with van der Waals surface area (Å²) in [6, 6.07) is 1.16. The summed E-state index contributed by atoms with van der Waals surface area (Å²) in [4.78, 5) is 13.5. The zero-order chi connectivity index (χ0) is 15.3. The largest absolute Gasteiger partial charge is 0.383 e. The quantitative estimate of drug-likeness (QED) is 0.821. The van der Waals surface area contributed by atoms with Gasteiger partial charge in [-0.25, -0.2) is 8.42 Å². The van der Waals surface area contributed by atoms with Crippen LogP contribution in [0.25, 0.3) is 0 Å². The molecule has 20 heavy (non-hydrogen) atoms. The van der Waals surface area contributed by atoms with E-state index in [0.29, 0.717) is 13.2 Å². The van der Waals surface area contributed by atoms with Gasteiger partial charge in [0.05, 0.1) is 11.5 Å². The fourth-order valence-electron chi connectivity index (χ4n) is 1.65. The first-order valence-corrected chi connectivity index (χ1v) is 7.98. The summed E-state index contributed by atoms with van der Waals surface area (Å²) in [5.74, 6) is 0.167. The number of H-pyrrole nitrogens is 1. The molecule has 0 unspecified atom stereocenters. The minimum atomic E-state index is -3.71. The second kappa shape index (κ2) is 7.21. The molecule has 0 atom stereocenters. The first-order valence-electron chi connectivity index (χ1n) is 6.16. The van der Waals surface area contributed by atoms with Crippen molar-refractivity contribution in [3.05, 3.63) is 27.6 Å². The van der Waals surface area contributed by atoms with Crippen molar-refractivity contribution in [2.24, 2.45) is 5.92 Å². The third-order valence-corrected chi connectivity index (χ3v) is 4.71. The summed E-state index contributed by atoms with van der Waals surface area (Å²) in [5.41, 5.74) is -0.516. The van der Waals surface area contributed by atoms with Crippen LogP contribution in [0.1, 0.15) is 13.8 Å². The maximum Gasteiger partial charge on any atom is 0.266 e. The Morgan fingerprint density at radius 1 is 1.45 bits per heavy atom. The Morgan fingerprint density at radius 3 is 2.60 bits per heavy atom. The fourth-order valence-corrected chi connectivity index (χ4v) is 3.46. The Labute approximate surface area is 123 Å². The minimum Gasteiger partial charge on any atom is -0.383 e. The average molecular weight is 323 g/mol. The van der Waals surface area contributed by atoms with E-state index in [9.17, 15) is 13.2 Å². The third kappa shape index (κ3) is 4.31. The van der Waals surface area contributed by atoms with Crippen molar-refractivity contribution in [1.82, 2.24) is 9.29 Å². The monoisotopic (exact) mass is 322 g/mol. The first-order chi connectivity index (χ1) is 9.28. The molecule has 1 rings (SSSR count). The molecule has 0 fully saturated rings. The third-order valence-electron chi connectivity index (χ3n) is 2.58. The van der Waals surface area contributed by atoms with Crippen molar-refractivity contribution in [1.29, 1.82) is 0 Å². The SMILES string of the molecule is COCCN(CC(C)C)S(=O)(=O)c1c[nH]c(=O)c(Cl)c1. The number of hydrogen-bond acceptors (Lipinski definition) is 4. The lowest BCUT2D eigenvalue weighted by atomic mass is 10.2. The molecule has 1 heterocycles. The van der Waals surface area contributed by atoms with Gasteiger partial charge in [0.25, 0.3) is 5.56 Å². The van der Waals surface area contributed by atoms with Crippen LogP contribution in [0, 0.1) is 5.92 Å². The van der Waals surface area contributed by atoms with Gasteiger partial charge in [0, 0.05) is 26.4 Å². The predicted octanol–water partition coefficient (Wildman–Crippen LogP) is 1.32. The maximum absolute atomic E-state index is 12.5. The molecular formula is C12H19ClN2O4S. The number of aromatic nitrogens is 1. The van der Waals surface area contributed by atoms with Crippen LogP contribution in [0.4, 0.5) is 0 Å². The Bertz CT molecular complexity index is 598. The molecule has 0 aliphatic carbocycles. The van der Waals surface area contributed by atoms with Crippen LogP contribution in [0.3, 0.4) is 0 Å². The van der Waals surface area contributed by atoms with Crippen LogP contribution in [-0.2, 0) is 14.8 Å². The second-order valence-electron chi connectivity index (χ2n) is 4.76. The number of methoxy groups -OCH3 is 1. The van der Waals surface area contributed by atoms with Crippen LogP contribution in [0.5, 0.6) is 0 Å². The van der Waals surface area contributed by atoms with Crippen LogP contribution < -0.4 is 5.56 Å². The Balaban J connectivity index is 3.13. The average Bonchev–Trinajstić information content (AvgIpc) is 2.37. The number of halogens is 1. The molecule has 1 aromatic rings. The van der Waals surface area contributed by atoms with E-state index in [1.54, 1.807) is 0 Å². The van der Waals surface area contributed by atoms with E-state index in [-0.39, 0.29) is 22.4 Å². The number of nitrogens with one attached hydrogen (secondary N) is 1. The van der Waals surface area contributed by atoms with Gasteiger partial charge in [0.2, 0.25) is 10.0 Å². The van der Waals surface area contributed by atoms with Gasteiger partial charge in [0.15, 0.2) is 0 Å². The number of pyridine rings is 1. The van der Waals surface area contributed by atoms with E-state index in [1.807, 2.05) is 13.8 Å². The molecule has 1 aromatic heterocycles. The summed E-state index contributed by atoms with van der Waals surface area (Å²) < 4.78 is 31.3. The van der Waals surface area contributed by atoms with Gasteiger partial charge >= 0.3 is 0 Å². The van der Waals surface area contributed by atoms with Crippen molar-refractivity contribution in [3.8, 4) is 0 Å². The molecule has 6 nitrogen and oxygen atoms in total. The molecule has 1 N–H and O–H groups in total. The van der Waals surface area contributed by atoms with Gasteiger partial charge in [0.1, 0.15) is 5.02 Å². The van der Waals surface area contributed by atoms with E-state index in [2.05, 4.69) is 4.98 Å². The number of ether oxygens (including phenoxy) is 1. The molecule has 114 valence electrons.